The number of rotatable bonds is 1. The third-order valence-corrected chi connectivity index (χ3v) is 6.37. The number of benzene rings is 1. The summed E-state index contributed by atoms with van der Waals surface area (Å²) in [5, 5.41) is 11.6. The van der Waals surface area contributed by atoms with Gasteiger partial charge in [0.1, 0.15) is 0 Å². The van der Waals surface area contributed by atoms with Gasteiger partial charge in [0, 0.05) is 11.8 Å². The third kappa shape index (κ3) is 2.17. The zero-order valence-electron chi connectivity index (χ0n) is 13.6. The number of aliphatic hydroxyl groups is 1. The zero-order chi connectivity index (χ0) is 16.0. The van der Waals surface area contributed by atoms with Gasteiger partial charge in [-0.25, -0.2) is 0 Å². The van der Waals surface area contributed by atoms with Gasteiger partial charge >= 0.3 is 5.97 Å². The molecule has 1 N–H and O–H groups in total. The Morgan fingerprint density at radius 3 is 2.96 bits per heavy atom. The van der Waals surface area contributed by atoms with Crippen molar-refractivity contribution in [2.24, 2.45) is 17.8 Å². The second-order valence-corrected chi connectivity index (χ2v) is 7.33. The lowest BCUT2D eigenvalue weighted by atomic mass is 9.52. The van der Waals surface area contributed by atoms with Crippen molar-refractivity contribution < 1.29 is 14.6 Å². The predicted octanol–water partition coefficient (Wildman–Crippen LogP) is 3.53. The van der Waals surface area contributed by atoms with Crippen LogP contribution in [0.4, 0.5) is 0 Å². The van der Waals surface area contributed by atoms with E-state index in [1.54, 1.807) is 0 Å². The first-order chi connectivity index (χ1) is 11.1. The predicted molar refractivity (Wildman–Crippen MR) is 88.7 cm³/mol. The van der Waals surface area contributed by atoms with E-state index in [2.05, 4.69) is 30.4 Å². The molecule has 0 amide bonds. The van der Waals surface area contributed by atoms with Gasteiger partial charge in [0.05, 0.1) is 18.6 Å². The molecule has 122 valence electrons. The van der Waals surface area contributed by atoms with Gasteiger partial charge in [-0.2, -0.15) is 0 Å². The lowest BCUT2D eigenvalue weighted by Gasteiger charge is -2.55. The molecule has 1 aromatic rings. The Hall–Kier alpha value is -1.61. The van der Waals surface area contributed by atoms with Crippen molar-refractivity contribution in [3.05, 3.63) is 41.5 Å². The van der Waals surface area contributed by atoms with Crippen molar-refractivity contribution in [2.75, 3.05) is 7.11 Å². The average Bonchev–Trinajstić information content (AvgIpc) is 2.59. The molecule has 0 bridgehead atoms. The third-order valence-electron chi connectivity index (χ3n) is 6.37. The highest BCUT2D eigenvalue weighted by atomic mass is 16.5. The minimum absolute atomic E-state index is 0.0277. The summed E-state index contributed by atoms with van der Waals surface area (Å²) in [5.74, 6) is 0.00929. The van der Waals surface area contributed by atoms with Crippen LogP contribution in [-0.4, -0.2) is 23.8 Å². The normalized spacial score (nSPS) is 38.2. The van der Waals surface area contributed by atoms with Crippen LogP contribution in [0.2, 0.25) is 0 Å². The fourth-order valence-electron chi connectivity index (χ4n) is 5.34. The topological polar surface area (TPSA) is 46.5 Å². The Labute approximate surface area is 137 Å². The summed E-state index contributed by atoms with van der Waals surface area (Å²) in [6, 6.07) is 8.37. The number of hydrogen-bond acceptors (Lipinski definition) is 3. The van der Waals surface area contributed by atoms with Crippen LogP contribution >= 0.6 is 0 Å². The van der Waals surface area contributed by atoms with E-state index >= 15 is 0 Å². The lowest BCUT2D eigenvalue weighted by Crippen LogP contribution is -2.57. The van der Waals surface area contributed by atoms with E-state index in [0.29, 0.717) is 0 Å². The van der Waals surface area contributed by atoms with Gasteiger partial charge in [0.15, 0.2) is 0 Å². The van der Waals surface area contributed by atoms with E-state index in [0.717, 1.165) is 32.1 Å². The van der Waals surface area contributed by atoms with Crippen LogP contribution in [0.15, 0.2) is 30.3 Å². The van der Waals surface area contributed by atoms with E-state index in [1.807, 2.05) is 6.07 Å². The summed E-state index contributed by atoms with van der Waals surface area (Å²) >= 11 is 0. The molecule has 1 aromatic carbocycles. The molecule has 0 spiro atoms. The maximum absolute atomic E-state index is 12.4. The fourth-order valence-corrected chi connectivity index (χ4v) is 5.34. The average molecular weight is 312 g/mol. The van der Waals surface area contributed by atoms with E-state index < -0.39 is 5.60 Å². The van der Waals surface area contributed by atoms with Crippen LogP contribution in [0, 0.1) is 17.8 Å². The first-order valence-electron chi connectivity index (χ1n) is 8.72. The summed E-state index contributed by atoms with van der Waals surface area (Å²) in [4.78, 5) is 12.4. The van der Waals surface area contributed by atoms with Gasteiger partial charge < -0.3 is 9.84 Å². The summed E-state index contributed by atoms with van der Waals surface area (Å²) in [7, 11) is 1.46. The molecule has 3 heteroatoms. The van der Waals surface area contributed by atoms with Gasteiger partial charge in [-0.05, 0) is 36.3 Å². The molecule has 0 saturated heterocycles. The Kier molecular flexibility index (Phi) is 3.56. The van der Waals surface area contributed by atoms with Crippen LogP contribution in [0.25, 0.3) is 6.08 Å². The highest BCUT2D eigenvalue weighted by molar-refractivity contribution is 5.74. The van der Waals surface area contributed by atoms with Crippen LogP contribution in [0.1, 0.15) is 49.1 Å². The zero-order valence-corrected chi connectivity index (χ0v) is 13.6. The molecule has 0 radical (unpaired) electrons. The molecule has 2 fully saturated rings. The van der Waals surface area contributed by atoms with Gasteiger partial charge in [0.25, 0.3) is 0 Å². The van der Waals surface area contributed by atoms with Crippen molar-refractivity contribution in [1.82, 2.24) is 0 Å². The molecule has 4 rings (SSSR count). The van der Waals surface area contributed by atoms with Crippen molar-refractivity contribution >= 4 is 12.0 Å². The highest BCUT2D eigenvalue weighted by Crippen LogP contribution is 2.57. The summed E-state index contributed by atoms with van der Waals surface area (Å²) in [6.45, 7) is 0. The van der Waals surface area contributed by atoms with Crippen molar-refractivity contribution in [3.8, 4) is 0 Å². The molecule has 3 aliphatic rings. The number of hydrogen-bond donors (Lipinski definition) is 1. The maximum Gasteiger partial charge on any atom is 0.309 e. The maximum atomic E-state index is 12.4. The summed E-state index contributed by atoms with van der Waals surface area (Å²) in [6.07, 6.45) is 8.98. The SMILES string of the molecule is COC(=O)[C@H]1C[C@H]2c3ccccc3C=C[C@H]2[C@@]2(O)CCCC[C@@H]12. The minimum atomic E-state index is -0.774. The number of methoxy groups -OCH3 is 1. The van der Waals surface area contributed by atoms with Crippen LogP contribution in [-0.2, 0) is 9.53 Å². The van der Waals surface area contributed by atoms with Gasteiger partial charge in [-0.1, -0.05) is 49.3 Å². The molecular formula is C20H24O3. The number of ether oxygens (including phenoxy) is 1. The van der Waals surface area contributed by atoms with E-state index in [-0.39, 0.29) is 29.6 Å². The first kappa shape index (κ1) is 14.9. The molecule has 0 aromatic heterocycles. The van der Waals surface area contributed by atoms with E-state index in [1.165, 1.54) is 18.2 Å². The van der Waals surface area contributed by atoms with E-state index in [9.17, 15) is 9.90 Å². The standard InChI is InChI=1S/C20H24O3/c1-23-19(21)16-12-15-14-7-3-2-6-13(14)9-10-18(15)20(22)11-5-4-8-17(16)20/h2-3,6-7,9-10,15-18,22H,4-5,8,11-12H2,1H3/t15-,16-,17-,18+,20+/m0/s1. The van der Waals surface area contributed by atoms with Gasteiger partial charge in [0.2, 0.25) is 0 Å². The van der Waals surface area contributed by atoms with E-state index in [4.69, 9.17) is 4.74 Å². The molecule has 3 aliphatic carbocycles. The van der Waals surface area contributed by atoms with Crippen LogP contribution in [0.3, 0.4) is 0 Å². The monoisotopic (exact) mass is 312 g/mol. The summed E-state index contributed by atoms with van der Waals surface area (Å²) < 4.78 is 5.08. The molecule has 0 aliphatic heterocycles. The quantitative estimate of drug-likeness (QED) is 0.807. The number of carbonyl (C=O) groups is 1. The summed E-state index contributed by atoms with van der Waals surface area (Å²) in [5.41, 5.74) is 1.71. The second-order valence-electron chi connectivity index (χ2n) is 7.33. The Morgan fingerprint density at radius 2 is 2.13 bits per heavy atom. The number of esters is 1. The van der Waals surface area contributed by atoms with Gasteiger partial charge in [-0.3, -0.25) is 4.79 Å². The number of fused-ring (bicyclic) bond motifs is 5. The fraction of sp³-hybridized carbons (Fsp3) is 0.550. The largest absolute Gasteiger partial charge is 0.469 e. The minimum Gasteiger partial charge on any atom is -0.469 e. The number of carbonyl (C=O) groups excluding carboxylic acids is 1. The van der Waals surface area contributed by atoms with Gasteiger partial charge in [-0.15, -0.1) is 0 Å². The molecule has 0 heterocycles. The Morgan fingerprint density at radius 1 is 1.30 bits per heavy atom. The van der Waals surface area contributed by atoms with Crippen molar-refractivity contribution in [3.63, 3.8) is 0 Å². The second kappa shape index (κ2) is 5.48. The molecular weight excluding hydrogens is 288 g/mol. The Bertz CT molecular complexity index is 650. The van der Waals surface area contributed by atoms with Crippen molar-refractivity contribution in [1.29, 1.82) is 0 Å². The molecule has 0 unspecified atom stereocenters. The first-order valence-corrected chi connectivity index (χ1v) is 8.72. The van der Waals surface area contributed by atoms with Crippen molar-refractivity contribution in [2.45, 2.75) is 43.6 Å². The molecule has 3 nitrogen and oxygen atoms in total. The highest BCUT2D eigenvalue weighted by Gasteiger charge is 2.57. The Balaban J connectivity index is 1.80. The van der Waals surface area contributed by atoms with Crippen LogP contribution in [0.5, 0.6) is 0 Å². The lowest BCUT2D eigenvalue weighted by molar-refractivity contribution is -0.170. The van der Waals surface area contributed by atoms with Crippen LogP contribution < -0.4 is 0 Å². The molecule has 2 saturated carbocycles. The molecule has 23 heavy (non-hydrogen) atoms. The molecule has 5 atom stereocenters. The smallest absolute Gasteiger partial charge is 0.309 e.